The lowest BCUT2D eigenvalue weighted by Gasteiger charge is -2.10. The van der Waals surface area contributed by atoms with Crippen molar-refractivity contribution in [2.75, 3.05) is 23.4 Å². The molecule has 0 spiro atoms. The predicted octanol–water partition coefficient (Wildman–Crippen LogP) is 4.75. The summed E-state index contributed by atoms with van der Waals surface area (Å²) in [4.78, 5) is 23.9. The van der Waals surface area contributed by atoms with Gasteiger partial charge in [-0.1, -0.05) is 23.7 Å². The van der Waals surface area contributed by atoms with Crippen LogP contribution in [0.2, 0.25) is 5.02 Å². The average Bonchev–Trinajstić information content (AvgIpc) is 3.18. The van der Waals surface area contributed by atoms with Crippen molar-refractivity contribution < 1.29 is 18.7 Å². The summed E-state index contributed by atoms with van der Waals surface area (Å²) in [7, 11) is 0. The third-order valence-electron chi connectivity index (χ3n) is 3.58. The maximum Gasteiger partial charge on any atom is 0.338 e. The Hall–Kier alpha value is -1.70. The Morgan fingerprint density at radius 3 is 2.50 bits per heavy atom. The van der Waals surface area contributed by atoms with Gasteiger partial charge in [-0.3, -0.25) is 4.79 Å². The molecule has 1 saturated heterocycles. The Bertz CT molecular complexity index is 811. The second-order valence-corrected chi connectivity index (χ2v) is 8.58. The predicted molar refractivity (Wildman–Crippen MR) is 104 cm³/mol. The number of halogens is 2. The van der Waals surface area contributed by atoms with Gasteiger partial charge >= 0.3 is 5.97 Å². The first kappa shape index (κ1) is 19.1. The third kappa shape index (κ3) is 4.93. The molecule has 1 aliphatic rings. The highest BCUT2D eigenvalue weighted by Gasteiger charge is 2.19. The van der Waals surface area contributed by atoms with E-state index in [2.05, 4.69) is 5.32 Å². The summed E-state index contributed by atoms with van der Waals surface area (Å²) in [5.41, 5.74) is 1.88. The summed E-state index contributed by atoms with van der Waals surface area (Å²) in [6.45, 7) is -0.441. The fourth-order valence-electron chi connectivity index (χ4n) is 2.31. The molecule has 4 nitrogen and oxygen atoms in total. The van der Waals surface area contributed by atoms with Gasteiger partial charge in [-0.05, 0) is 35.9 Å². The molecular weight excluding hydrogens is 397 g/mol. The first-order valence-corrected chi connectivity index (χ1v) is 10.3. The van der Waals surface area contributed by atoms with Gasteiger partial charge in [0, 0.05) is 17.2 Å². The Labute approximate surface area is 163 Å². The second kappa shape index (κ2) is 8.79. The number of benzene rings is 2. The Morgan fingerprint density at radius 1 is 1.15 bits per heavy atom. The Morgan fingerprint density at radius 2 is 1.85 bits per heavy atom. The average molecular weight is 412 g/mol. The van der Waals surface area contributed by atoms with Crippen LogP contribution in [-0.4, -0.2) is 30.0 Å². The van der Waals surface area contributed by atoms with Crippen LogP contribution in [0.3, 0.4) is 0 Å². The molecule has 0 atom stereocenters. The number of esters is 1. The summed E-state index contributed by atoms with van der Waals surface area (Å²) in [6.07, 6.45) is 0. The molecule has 0 aliphatic carbocycles. The van der Waals surface area contributed by atoms with Crippen molar-refractivity contribution in [1.82, 2.24) is 0 Å². The first-order chi connectivity index (χ1) is 12.5. The summed E-state index contributed by atoms with van der Waals surface area (Å²) in [5, 5.41) is 2.39. The topological polar surface area (TPSA) is 55.4 Å². The fourth-order valence-corrected chi connectivity index (χ4v) is 5.35. The summed E-state index contributed by atoms with van der Waals surface area (Å²) in [6, 6.07) is 11.0. The van der Waals surface area contributed by atoms with Gasteiger partial charge in [0.2, 0.25) is 0 Å². The molecule has 136 valence electrons. The van der Waals surface area contributed by atoms with E-state index in [1.165, 1.54) is 17.7 Å². The number of amides is 1. The minimum absolute atomic E-state index is 0.0986. The summed E-state index contributed by atoms with van der Waals surface area (Å²) < 4.78 is 18.5. The molecule has 1 N–H and O–H groups in total. The van der Waals surface area contributed by atoms with E-state index in [-0.39, 0.29) is 5.02 Å². The molecule has 2 aromatic carbocycles. The summed E-state index contributed by atoms with van der Waals surface area (Å²) >= 11 is 9.43. The normalized spacial score (nSPS) is 14.2. The molecule has 1 amide bonds. The van der Waals surface area contributed by atoms with Crippen molar-refractivity contribution in [2.24, 2.45) is 0 Å². The molecular formula is C18H15ClFNO3S2. The van der Waals surface area contributed by atoms with Crippen molar-refractivity contribution in [2.45, 2.75) is 4.58 Å². The van der Waals surface area contributed by atoms with Crippen molar-refractivity contribution in [3.63, 3.8) is 0 Å². The van der Waals surface area contributed by atoms with Gasteiger partial charge < -0.3 is 10.1 Å². The van der Waals surface area contributed by atoms with Crippen LogP contribution in [0.4, 0.5) is 10.1 Å². The van der Waals surface area contributed by atoms with E-state index in [0.717, 1.165) is 17.6 Å². The van der Waals surface area contributed by atoms with Crippen LogP contribution in [0.15, 0.2) is 42.5 Å². The van der Waals surface area contributed by atoms with Gasteiger partial charge in [0.1, 0.15) is 5.82 Å². The van der Waals surface area contributed by atoms with Crippen LogP contribution < -0.4 is 5.32 Å². The van der Waals surface area contributed by atoms with Crippen molar-refractivity contribution in [3.05, 3.63) is 64.4 Å². The number of carbonyl (C=O) groups is 2. The fraction of sp³-hybridized carbons (Fsp3) is 0.222. The lowest BCUT2D eigenvalue weighted by atomic mass is 10.1. The molecule has 26 heavy (non-hydrogen) atoms. The van der Waals surface area contributed by atoms with Crippen LogP contribution in [-0.2, 0) is 9.53 Å². The van der Waals surface area contributed by atoms with Crippen LogP contribution in [0.25, 0.3) is 0 Å². The molecule has 8 heteroatoms. The van der Waals surface area contributed by atoms with Gasteiger partial charge in [0.15, 0.2) is 6.61 Å². The molecule has 0 bridgehead atoms. The quantitative estimate of drug-likeness (QED) is 0.719. The maximum atomic E-state index is 13.1. The number of hydrogen-bond acceptors (Lipinski definition) is 5. The monoisotopic (exact) mass is 411 g/mol. The standard InChI is InChI=1S/C18H15ClFNO3S2/c19-14-9-13(5-6-15(14)20)21-16(22)10-24-17(23)11-1-3-12(4-2-11)18-25-7-8-26-18/h1-6,9,18H,7-8,10H2,(H,21,22). The SMILES string of the molecule is O=C(COC(=O)c1ccc(C2SCCS2)cc1)Nc1ccc(F)c(Cl)c1. The number of nitrogens with one attached hydrogen (secondary N) is 1. The Kier molecular flexibility index (Phi) is 6.45. The third-order valence-corrected chi connectivity index (χ3v) is 6.97. The van der Waals surface area contributed by atoms with Crippen molar-refractivity contribution in [1.29, 1.82) is 0 Å². The van der Waals surface area contributed by atoms with Crippen LogP contribution in [0.5, 0.6) is 0 Å². The minimum atomic E-state index is -0.575. The van der Waals surface area contributed by atoms with E-state index in [1.807, 2.05) is 35.7 Å². The molecule has 2 aromatic rings. The zero-order valence-corrected chi connectivity index (χ0v) is 15.9. The first-order valence-electron chi connectivity index (χ1n) is 7.78. The van der Waals surface area contributed by atoms with Crippen molar-refractivity contribution in [3.8, 4) is 0 Å². The van der Waals surface area contributed by atoms with Crippen LogP contribution >= 0.6 is 35.1 Å². The molecule has 0 saturated carbocycles. The second-order valence-electron chi connectivity index (χ2n) is 5.45. The highest BCUT2D eigenvalue weighted by atomic mass is 35.5. The van der Waals surface area contributed by atoms with E-state index in [9.17, 15) is 14.0 Å². The van der Waals surface area contributed by atoms with E-state index < -0.39 is 24.3 Å². The zero-order chi connectivity index (χ0) is 18.5. The van der Waals surface area contributed by atoms with E-state index in [1.54, 1.807) is 12.1 Å². The number of hydrogen-bond donors (Lipinski definition) is 1. The lowest BCUT2D eigenvalue weighted by Crippen LogP contribution is -2.21. The van der Waals surface area contributed by atoms with Gasteiger partial charge in [0.25, 0.3) is 5.91 Å². The number of carbonyl (C=O) groups excluding carboxylic acids is 2. The summed E-state index contributed by atoms with van der Waals surface area (Å²) in [5.74, 6) is 0.585. The molecule has 0 aromatic heterocycles. The number of ether oxygens (including phenoxy) is 1. The van der Waals surface area contributed by atoms with Gasteiger partial charge in [0.05, 0.1) is 15.2 Å². The maximum absolute atomic E-state index is 13.1. The number of anilines is 1. The van der Waals surface area contributed by atoms with E-state index in [4.69, 9.17) is 16.3 Å². The molecule has 1 fully saturated rings. The molecule has 3 rings (SSSR count). The lowest BCUT2D eigenvalue weighted by molar-refractivity contribution is -0.119. The smallest absolute Gasteiger partial charge is 0.338 e. The van der Waals surface area contributed by atoms with Gasteiger partial charge in [-0.15, -0.1) is 23.5 Å². The number of rotatable bonds is 5. The van der Waals surface area contributed by atoms with E-state index >= 15 is 0 Å². The van der Waals surface area contributed by atoms with Gasteiger partial charge in [-0.25, -0.2) is 9.18 Å². The molecule has 0 unspecified atom stereocenters. The van der Waals surface area contributed by atoms with Crippen LogP contribution in [0, 0.1) is 5.82 Å². The minimum Gasteiger partial charge on any atom is -0.452 e. The molecule has 1 heterocycles. The highest BCUT2D eigenvalue weighted by Crippen LogP contribution is 2.45. The zero-order valence-electron chi connectivity index (χ0n) is 13.5. The largest absolute Gasteiger partial charge is 0.452 e. The number of thioether (sulfide) groups is 2. The van der Waals surface area contributed by atoms with E-state index in [0.29, 0.717) is 15.8 Å². The molecule has 0 radical (unpaired) electrons. The highest BCUT2D eigenvalue weighted by molar-refractivity contribution is 8.19. The van der Waals surface area contributed by atoms with Crippen LogP contribution in [0.1, 0.15) is 20.5 Å². The van der Waals surface area contributed by atoms with Gasteiger partial charge in [-0.2, -0.15) is 0 Å². The molecule has 1 aliphatic heterocycles. The van der Waals surface area contributed by atoms with Crippen molar-refractivity contribution >= 4 is 52.7 Å². The Balaban J connectivity index is 1.51.